The van der Waals surface area contributed by atoms with Gasteiger partial charge in [-0.05, 0) is 67.1 Å². The Balaban J connectivity index is 1.86. The Kier molecular flexibility index (Phi) is 6.82. The summed E-state index contributed by atoms with van der Waals surface area (Å²) in [5, 5.41) is 0.532. The summed E-state index contributed by atoms with van der Waals surface area (Å²) < 4.78 is 18.3. The van der Waals surface area contributed by atoms with Gasteiger partial charge in [-0.2, -0.15) is 0 Å². The molecular weight excluding hydrogens is 391 g/mol. The van der Waals surface area contributed by atoms with E-state index >= 15 is 0 Å². The Morgan fingerprint density at radius 2 is 1.97 bits per heavy atom. The van der Waals surface area contributed by atoms with Gasteiger partial charge in [-0.15, -0.1) is 0 Å². The van der Waals surface area contributed by atoms with Crippen LogP contribution in [-0.4, -0.2) is 35.1 Å². The molecule has 1 amide bonds. The van der Waals surface area contributed by atoms with Crippen molar-refractivity contribution in [3.8, 4) is 0 Å². The summed E-state index contributed by atoms with van der Waals surface area (Å²) in [7, 11) is 0. The molecule has 0 atom stereocenters. The third-order valence-electron chi connectivity index (χ3n) is 4.12. The van der Waals surface area contributed by atoms with E-state index in [1.807, 2.05) is 13.8 Å². The summed E-state index contributed by atoms with van der Waals surface area (Å²) in [5.74, 6) is -0.875. The maximum Gasteiger partial charge on any atom is 0.338 e. The van der Waals surface area contributed by atoms with Crippen molar-refractivity contribution in [2.75, 3.05) is 13.2 Å². The van der Waals surface area contributed by atoms with E-state index in [4.69, 9.17) is 4.74 Å². The fourth-order valence-electron chi connectivity index (χ4n) is 2.67. The number of carbonyl (C=O) groups is 2. The van der Waals surface area contributed by atoms with Crippen molar-refractivity contribution >= 4 is 40.6 Å². The maximum atomic E-state index is 13.1. The van der Waals surface area contributed by atoms with E-state index in [2.05, 4.69) is 4.99 Å². The van der Waals surface area contributed by atoms with Gasteiger partial charge in [0.15, 0.2) is 5.17 Å². The molecule has 0 N–H and O–H groups in total. The molecule has 0 aromatic heterocycles. The molecule has 1 aliphatic rings. The molecule has 5 nitrogen and oxygen atoms in total. The van der Waals surface area contributed by atoms with E-state index in [0.717, 1.165) is 12.0 Å². The SMILES string of the molecule is CCCOC(=O)c1cccc(N=C2S/C(=C/c3ccc(F)cc3)C(=O)N2CC)c1. The molecule has 1 fully saturated rings. The highest BCUT2D eigenvalue weighted by Gasteiger charge is 2.32. The van der Waals surface area contributed by atoms with Crippen LogP contribution in [0.4, 0.5) is 10.1 Å². The van der Waals surface area contributed by atoms with Gasteiger partial charge < -0.3 is 4.74 Å². The molecule has 0 radical (unpaired) electrons. The molecule has 29 heavy (non-hydrogen) atoms. The van der Waals surface area contributed by atoms with Gasteiger partial charge in [0.1, 0.15) is 5.82 Å². The molecule has 0 aliphatic carbocycles. The van der Waals surface area contributed by atoms with Crippen molar-refractivity contribution in [2.24, 2.45) is 4.99 Å². The van der Waals surface area contributed by atoms with Crippen LogP contribution in [0.25, 0.3) is 6.08 Å². The van der Waals surface area contributed by atoms with Crippen LogP contribution < -0.4 is 0 Å². The zero-order valence-corrected chi connectivity index (χ0v) is 17.0. The zero-order valence-electron chi connectivity index (χ0n) is 16.2. The molecule has 1 heterocycles. The quantitative estimate of drug-likeness (QED) is 0.494. The van der Waals surface area contributed by atoms with Gasteiger partial charge in [0.25, 0.3) is 5.91 Å². The molecule has 2 aromatic carbocycles. The molecular formula is C22H21FN2O3S. The first-order chi connectivity index (χ1) is 14.0. The molecule has 1 aliphatic heterocycles. The van der Waals surface area contributed by atoms with Crippen LogP contribution >= 0.6 is 11.8 Å². The van der Waals surface area contributed by atoms with Crippen LogP contribution in [0.5, 0.6) is 0 Å². The van der Waals surface area contributed by atoms with Crippen molar-refractivity contribution in [1.82, 2.24) is 4.90 Å². The number of benzene rings is 2. The Hall–Kier alpha value is -2.93. The second kappa shape index (κ2) is 9.52. The normalized spacial score (nSPS) is 16.7. The lowest BCUT2D eigenvalue weighted by atomic mass is 10.2. The Labute approximate surface area is 173 Å². The number of nitrogens with zero attached hydrogens (tertiary/aromatic N) is 2. The van der Waals surface area contributed by atoms with Gasteiger partial charge >= 0.3 is 5.97 Å². The van der Waals surface area contributed by atoms with Gasteiger partial charge in [-0.1, -0.05) is 25.1 Å². The molecule has 3 rings (SSSR count). The largest absolute Gasteiger partial charge is 0.462 e. The number of rotatable bonds is 6. The van der Waals surface area contributed by atoms with Gasteiger partial charge in [0, 0.05) is 6.54 Å². The number of amides is 1. The number of esters is 1. The minimum atomic E-state index is -0.395. The second-order valence-electron chi connectivity index (χ2n) is 6.29. The third kappa shape index (κ3) is 5.12. The van der Waals surface area contributed by atoms with Crippen molar-refractivity contribution in [3.63, 3.8) is 0 Å². The van der Waals surface area contributed by atoms with Crippen molar-refractivity contribution in [2.45, 2.75) is 20.3 Å². The molecule has 0 bridgehead atoms. The monoisotopic (exact) mass is 412 g/mol. The van der Waals surface area contributed by atoms with Crippen molar-refractivity contribution in [3.05, 3.63) is 70.4 Å². The van der Waals surface area contributed by atoms with Crippen LogP contribution in [-0.2, 0) is 9.53 Å². The summed E-state index contributed by atoms with van der Waals surface area (Å²) in [6.07, 6.45) is 2.47. The summed E-state index contributed by atoms with van der Waals surface area (Å²) in [6, 6.07) is 12.8. The highest BCUT2D eigenvalue weighted by Crippen LogP contribution is 2.34. The number of thioether (sulfide) groups is 1. The lowest BCUT2D eigenvalue weighted by Gasteiger charge is -2.12. The van der Waals surface area contributed by atoms with Crippen molar-refractivity contribution < 1.29 is 18.7 Å². The van der Waals surface area contributed by atoms with Gasteiger partial charge in [-0.25, -0.2) is 14.2 Å². The Morgan fingerprint density at radius 1 is 1.21 bits per heavy atom. The summed E-state index contributed by atoms with van der Waals surface area (Å²) in [5.41, 5.74) is 1.72. The number of hydrogen-bond donors (Lipinski definition) is 0. The lowest BCUT2D eigenvalue weighted by Crippen LogP contribution is -2.28. The summed E-state index contributed by atoms with van der Waals surface area (Å²) in [6.45, 7) is 4.63. The highest BCUT2D eigenvalue weighted by molar-refractivity contribution is 8.18. The van der Waals surface area contributed by atoms with Crippen LogP contribution in [0.1, 0.15) is 36.2 Å². The molecule has 150 valence electrons. The Morgan fingerprint density at radius 3 is 2.66 bits per heavy atom. The second-order valence-corrected chi connectivity index (χ2v) is 7.30. The molecule has 7 heteroatoms. The van der Waals surface area contributed by atoms with Gasteiger partial charge in [0.05, 0.1) is 22.8 Å². The maximum absolute atomic E-state index is 13.1. The first-order valence-corrected chi connectivity index (χ1v) is 10.2. The first kappa shape index (κ1) is 20.8. The van der Waals surface area contributed by atoms with Crippen LogP contribution in [0.15, 0.2) is 58.4 Å². The minimum Gasteiger partial charge on any atom is -0.462 e. The number of amidine groups is 1. The van der Waals surface area contributed by atoms with Crippen molar-refractivity contribution in [1.29, 1.82) is 0 Å². The lowest BCUT2D eigenvalue weighted by molar-refractivity contribution is -0.122. The molecule has 0 saturated carbocycles. The highest BCUT2D eigenvalue weighted by atomic mass is 32.2. The summed E-state index contributed by atoms with van der Waals surface area (Å²) >= 11 is 1.25. The fourth-order valence-corrected chi connectivity index (χ4v) is 3.73. The topological polar surface area (TPSA) is 59.0 Å². The predicted molar refractivity (Wildman–Crippen MR) is 113 cm³/mol. The number of likely N-dealkylation sites (N-methyl/N-ethyl adjacent to an activating group) is 1. The number of carbonyl (C=O) groups excluding carboxylic acids is 2. The van der Waals surface area contributed by atoms with E-state index in [1.165, 1.54) is 23.9 Å². The predicted octanol–water partition coefficient (Wildman–Crippen LogP) is 5.02. The fraction of sp³-hybridized carbons (Fsp3) is 0.227. The van der Waals surface area contributed by atoms with E-state index in [1.54, 1.807) is 47.4 Å². The average molecular weight is 412 g/mol. The average Bonchev–Trinajstić information content (AvgIpc) is 3.02. The van der Waals surface area contributed by atoms with E-state index in [0.29, 0.717) is 34.5 Å². The van der Waals surface area contributed by atoms with E-state index in [9.17, 15) is 14.0 Å². The zero-order chi connectivity index (χ0) is 20.8. The van der Waals surface area contributed by atoms with Gasteiger partial charge in [-0.3, -0.25) is 9.69 Å². The molecule has 2 aromatic rings. The first-order valence-electron chi connectivity index (χ1n) is 9.34. The number of halogens is 1. The smallest absolute Gasteiger partial charge is 0.338 e. The minimum absolute atomic E-state index is 0.154. The number of aliphatic imine (C=N–C) groups is 1. The van der Waals surface area contributed by atoms with Crippen LogP contribution in [0.2, 0.25) is 0 Å². The standard InChI is InChI=1S/C22H21FN2O3S/c1-3-12-28-21(27)16-6-5-7-18(14-16)24-22-25(4-2)20(26)19(29-22)13-15-8-10-17(23)11-9-15/h5-11,13-14H,3-4,12H2,1-2H3/b19-13+,24-22?. The molecule has 1 saturated heterocycles. The molecule has 0 unspecified atom stereocenters. The Bertz CT molecular complexity index is 970. The summed E-state index contributed by atoms with van der Waals surface area (Å²) in [4.78, 5) is 31.4. The van der Waals surface area contributed by atoms with Crippen LogP contribution in [0, 0.1) is 5.82 Å². The van der Waals surface area contributed by atoms with E-state index in [-0.39, 0.29) is 11.7 Å². The third-order valence-corrected chi connectivity index (χ3v) is 5.12. The van der Waals surface area contributed by atoms with Gasteiger partial charge in [0.2, 0.25) is 0 Å². The number of ether oxygens (including phenoxy) is 1. The van der Waals surface area contributed by atoms with Crippen LogP contribution in [0.3, 0.4) is 0 Å². The molecule has 0 spiro atoms. The number of hydrogen-bond acceptors (Lipinski definition) is 5. The van der Waals surface area contributed by atoms with E-state index < -0.39 is 5.97 Å².